The van der Waals surface area contributed by atoms with Gasteiger partial charge in [-0.2, -0.15) is 29.8 Å². The lowest BCUT2D eigenvalue weighted by atomic mass is 9.81. The topological polar surface area (TPSA) is 207 Å². The van der Waals surface area contributed by atoms with Gasteiger partial charge in [0.15, 0.2) is 12.3 Å². The highest BCUT2D eigenvalue weighted by Crippen LogP contribution is 2.49. The Labute approximate surface area is 291 Å². The van der Waals surface area contributed by atoms with E-state index >= 15 is 0 Å². The molecule has 0 amide bonds. The van der Waals surface area contributed by atoms with Gasteiger partial charge in [-0.1, -0.05) is 32.1 Å². The van der Waals surface area contributed by atoms with Crippen LogP contribution in [0.2, 0.25) is 0 Å². The number of anilines is 1. The van der Waals surface area contributed by atoms with Gasteiger partial charge in [-0.05, 0) is 74.4 Å². The Bertz CT molecular complexity index is 2320. The summed E-state index contributed by atoms with van der Waals surface area (Å²) in [7, 11) is -13.3. The van der Waals surface area contributed by atoms with Crippen LogP contribution >= 0.6 is 0 Å². The number of hydrogen-bond donors (Lipinski definition) is 4. The second kappa shape index (κ2) is 12.9. The van der Waals surface area contributed by atoms with Gasteiger partial charge in [0, 0.05) is 46.6 Å². The molecule has 5 rings (SSSR count). The SMILES string of the molecule is CC1(C)C(/C=C/C=C2/N(CCCS(=O)(=O)O)c3ccc(S(=O)(=O)O)cc3C2(C)C)=[N+](Cc2ccc(C(=O)O)cc2)c2ccc(S(=O)(=O)O)cc21. The largest absolute Gasteiger partial charge is 0.478 e. The highest BCUT2D eigenvalue weighted by molar-refractivity contribution is 7.86. The molecule has 3 aromatic carbocycles. The zero-order valence-electron chi connectivity index (χ0n) is 27.6. The van der Waals surface area contributed by atoms with E-state index in [0.29, 0.717) is 28.2 Å². The molecular formula is C34H37N2O11S3+. The Morgan fingerprint density at radius 1 is 0.800 bits per heavy atom. The number of fused-ring (bicyclic) bond motifs is 2. The van der Waals surface area contributed by atoms with Crippen molar-refractivity contribution in [2.24, 2.45) is 0 Å². The van der Waals surface area contributed by atoms with Crippen LogP contribution in [0.1, 0.15) is 61.2 Å². The van der Waals surface area contributed by atoms with Crippen molar-refractivity contribution in [1.29, 1.82) is 0 Å². The molecule has 0 aromatic heterocycles. The van der Waals surface area contributed by atoms with Gasteiger partial charge in [0.1, 0.15) is 0 Å². The zero-order valence-corrected chi connectivity index (χ0v) is 30.0. The van der Waals surface area contributed by atoms with Crippen molar-refractivity contribution >= 4 is 53.4 Å². The Kier molecular flexibility index (Phi) is 9.53. The maximum Gasteiger partial charge on any atom is 0.335 e. The first-order chi connectivity index (χ1) is 23.0. The number of aromatic carboxylic acids is 1. The fourth-order valence-electron chi connectivity index (χ4n) is 6.61. The van der Waals surface area contributed by atoms with Crippen molar-refractivity contribution in [2.75, 3.05) is 17.2 Å². The van der Waals surface area contributed by atoms with Gasteiger partial charge < -0.3 is 10.0 Å². The highest BCUT2D eigenvalue weighted by atomic mass is 32.2. The highest BCUT2D eigenvalue weighted by Gasteiger charge is 2.45. The van der Waals surface area contributed by atoms with Crippen LogP contribution in [0, 0.1) is 0 Å². The number of carboxylic acids is 1. The van der Waals surface area contributed by atoms with Crippen molar-refractivity contribution in [3.8, 4) is 0 Å². The molecule has 266 valence electrons. The number of nitrogens with zero attached hydrogens (tertiary/aromatic N) is 2. The minimum Gasteiger partial charge on any atom is -0.478 e. The summed E-state index contributed by atoms with van der Waals surface area (Å²) in [5.74, 6) is -1.56. The van der Waals surface area contributed by atoms with Crippen molar-refractivity contribution < 1.29 is 53.4 Å². The number of allylic oxidation sites excluding steroid dienone is 4. The smallest absolute Gasteiger partial charge is 0.335 e. The maximum absolute atomic E-state index is 12.1. The molecule has 0 saturated heterocycles. The van der Waals surface area contributed by atoms with Crippen molar-refractivity contribution in [2.45, 2.75) is 61.3 Å². The lowest BCUT2D eigenvalue weighted by molar-refractivity contribution is -0.455. The first-order valence-corrected chi connectivity index (χ1v) is 19.8. The molecule has 4 N–H and O–H groups in total. The molecule has 13 nitrogen and oxygen atoms in total. The molecule has 2 aliphatic heterocycles. The quantitative estimate of drug-likeness (QED) is 0.152. The normalized spacial score (nSPS) is 17.8. The maximum atomic E-state index is 12.1. The van der Waals surface area contributed by atoms with E-state index in [1.165, 1.54) is 42.5 Å². The van der Waals surface area contributed by atoms with Gasteiger partial charge >= 0.3 is 5.97 Å². The van der Waals surface area contributed by atoms with E-state index in [2.05, 4.69) is 0 Å². The molecule has 0 unspecified atom stereocenters. The summed E-state index contributed by atoms with van der Waals surface area (Å²) in [5.41, 5.74) is 3.16. The molecule has 0 radical (unpaired) electrons. The van der Waals surface area contributed by atoms with Crippen molar-refractivity contribution in [3.63, 3.8) is 0 Å². The Morgan fingerprint density at radius 2 is 1.38 bits per heavy atom. The third kappa shape index (κ3) is 7.31. The molecule has 2 aliphatic rings. The molecule has 2 heterocycles. The van der Waals surface area contributed by atoms with E-state index < -0.39 is 52.9 Å². The standard InChI is InChI=1S/C34H36N2O11S3/c1-33(2)26-19-24(49(42,43)44)13-15-28(26)35(17-6-18-48(39,40)41)30(33)7-5-8-31-34(3,4)27-20-25(50(45,46)47)14-16-29(27)36(31)21-22-9-11-23(12-10-22)32(37)38/h5,7-16,19-20H,6,17-18,21H2,1-4H3,(H3-,37,38,39,40,41,42,43,44,45,46,47)/p+1. The predicted octanol–water partition coefficient (Wildman–Crippen LogP) is 4.97. The number of benzene rings is 3. The average Bonchev–Trinajstić information content (AvgIpc) is 3.34. The number of rotatable bonds is 11. The average molecular weight is 746 g/mol. The van der Waals surface area contributed by atoms with Crippen LogP contribution in [0.5, 0.6) is 0 Å². The summed E-state index contributed by atoms with van der Waals surface area (Å²) in [6.07, 6.45) is 5.47. The van der Waals surface area contributed by atoms with Gasteiger partial charge in [0.05, 0.1) is 26.5 Å². The van der Waals surface area contributed by atoms with E-state index in [1.54, 1.807) is 30.4 Å². The Balaban J connectivity index is 1.62. The molecule has 0 atom stereocenters. The monoisotopic (exact) mass is 745 g/mol. The van der Waals surface area contributed by atoms with E-state index in [9.17, 15) is 48.8 Å². The summed E-state index contributed by atoms with van der Waals surface area (Å²) < 4.78 is 102. The Morgan fingerprint density at radius 3 is 1.94 bits per heavy atom. The molecule has 0 spiro atoms. The second-order valence-corrected chi connectivity index (χ2v) is 17.6. The van der Waals surface area contributed by atoms with Crippen LogP contribution in [0.25, 0.3) is 0 Å². The van der Waals surface area contributed by atoms with Crippen molar-refractivity contribution in [1.82, 2.24) is 0 Å². The fourth-order valence-corrected chi connectivity index (χ4v) is 8.12. The lowest BCUT2D eigenvalue weighted by Gasteiger charge is -2.27. The third-order valence-electron chi connectivity index (χ3n) is 9.16. The molecule has 0 fully saturated rings. The molecule has 0 aliphatic carbocycles. The number of hydrogen-bond acceptors (Lipinski definition) is 8. The Hall–Kier alpha value is -4.19. The predicted molar refractivity (Wildman–Crippen MR) is 186 cm³/mol. The second-order valence-electron chi connectivity index (χ2n) is 13.2. The number of carboxylic acid groups (broad SMARTS) is 1. The van der Waals surface area contributed by atoms with Crippen molar-refractivity contribution in [3.05, 3.63) is 107 Å². The van der Waals surface area contributed by atoms with E-state index in [1.807, 2.05) is 43.2 Å². The van der Waals surface area contributed by atoms with E-state index in [0.717, 1.165) is 11.3 Å². The molecule has 3 aromatic rings. The van der Waals surface area contributed by atoms with Crippen LogP contribution in [0.4, 0.5) is 11.4 Å². The third-order valence-corrected chi connectivity index (χ3v) is 11.7. The summed E-state index contributed by atoms with van der Waals surface area (Å²) in [6, 6.07) is 14.9. The lowest BCUT2D eigenvalue weighted by Crippen LogP contribution is -2.28. The first-order valence-electron chi connectivity index (χ1n) is 15.3. The molecule has 50 heavy (non-hydrogen) atoms. The van der Waals surface area contributed by atoms with Crippen LogP contribution in [0.15, 0.2) is 94.4 Å². The molecule has 0 bridgehead atoms. The minimum absolute atomic E-state index is 0.0553. The van der Waals surface area contributed by atoms with Gasteiger partial charge in [-0.3, -0.25) is 13.7 Å². The summed E-state index contributed by atoms with van der Waals surface area (Å²) in [4.78, 5) is 12.7. The van der Waals surface area contributed by atoms with E-state index in [4.69, 9.17) is 0 Å². The molecular weight excluding hydrogens is 709 g/mol. The summed E-state index contributed by atoms with van der Waals surface area (Å²) in [6.45, 7) is 7.95. The van der Waals surface area contributed by atoms with Crippen LogP contribution in [-0.2, 0) is 47.7 Å². The van der Waals surface area contributed by atoms with Crippen LogP contribution in [0.3, 0.4) is 0 Å². The van der Waals surface area contributed by atoms with Gasteiger partial charge in [-0.25, -0.2) is 4.79 Å². The minimum atomic E-state index is -4.52. The first kappa shape index (κ1) is 37.1. The summed E-state index contributed by atoms with van der Waals surface area (Å²) >= 11 is 0. The van der Waals surface area contributed by atoms with Gasteiger partial charge in [0.25, 0.3) is 30.4 Å². The van der Waals surface area contributed by atoms with Gasteiger partial charge in [-0.15, -0.1) is 0 Å². The van der Waals surface area contributed by atoms with Gasteiger partial charge in [0.2, 0.25) is 5.69 Å². The number of carbonyl (C=O) groups is 1. The van der Waals surface area contributed by atoms with Crippen LogP contribution in [-0.4, -0.2) is 72.6 Å². The van der Waals surface area contributed by atoms with E-state index in [-0.39, 0.29) is 34.9 Å². The molecule has 16 heteroatoms. The van der Waals surface area contributed by atoms with Crippen LogP contribution < -0.4 is 4.90 Å². The zero-order chi connectivity index (χ0) is 37.0. The fraction of sp³-hybridized carbons (Fsp3) is 0.294. The summed E-state index contributed by atoms with van der Waals surface area (Å²) in [5, 5.41) is 9.35. The molecule has 0 saturated carbocycles.